The minimum atomic E-state index is -0.0609. The Morgan fingerprint density at radius 2 is 2.04 bits per heavy atom. The molecule has 150 valence electrons. The summed E-state index contributed by atoms with van der Waals surface area (Å²) >= 11 is 0. The molecule has 3 N–H and O–H groups in total. The quantitative estimate of drug-likeness (QED) is 0.759. The molecular weight excluding hydrogens is 354 g/mol. The number of piperidine rings is 1. The molecule has 2 fully saturated rings. The molecule has 1 aromatic heterocycles. The average molecular weight is 383 g/mol. The molecule has 1 aromatic carbocycles. The van der Waals surface area contributed by atoms with E-state index in [1.807, 2.05) is 9.80 Å². The fourth-order valence-corrected chi connectivity index (χ4v) is 4.17. The van der Waals surface area contributed by atoms with Gasteiger partial charge in [-0.25, -0.2) is 9.59 Å². The summed E-state index contributed by atoms with van der Waals surface area (Å²) in [6.07, 6.45) is 3.98. The molecular formula is C21H29N5O2. The molecule has 0 radical (unpaired) electrons. The van der Waals surface area contributed by atoms with Gasteiger partial charge in [-0.05, 0) is 55.7 Å². The van der Waals surface area contributed by atoms with Gasteiger partial charge < -0.3 is 25.4 Å². The number of nitrogens with one attached hydrogen (secondary N) is 3. The topological polar surface area (TPSA) is 80.5 Å². The van der Waals surface area contributed by atoms with Crippen LogP contribution in [0.25, 0.3) is 10.9 Å². The van der Waals surface area contributed by atoms with E-state index in [0.29, 0.717) is 19.1 Å². The van der Waals surface area contributed by atoms with Crippen LogP contribution in [0.4, 0.5) is 9.59 Å². The van der Waals surface area contributed by atoms with E-state index in [1.54, 1.807) is 7.05 Å². The first-order valence-electron chi connectivity index (χ1n) is 10.2. The third-order valence-electron chi connectivity index (χ3n) is 5.73. The number of hydrogen-bond donors (Lipinski definition) is 3. The first kappa shape index (κ1) is 18.7. The molecule has 1 aliphatic carbocycles. The van der Waals surface area contributed by atoms with Gasteiger partial charge in [0.05, 0.1) is 12.6 Å². The zero-order valence-corrected chi connectivity index (χ0v) is 16.6. The van der Waals surface area contributed by atoms with Crippen LogP contribution in [0.15, 0.2) is 24.3 Å². The van der Waals surface area contributed by atoms with E-state index < -0.39 is 0 Å². The normalized spacial score (nSPS) is 19.5. The summed E-state index contributed by atoms with van der Waals surface area (Å²) in [7, 11) is 1.65. The Hall–Kier alpha value is -2.70. The third-order valence-corrected chi connectivity index (χ3v) is 5.73. The second-order valence-electron chi connectivity index (χ2n) is 7.98. The van der Waals surface area contributed by atoms with Gasteiger partial charge in [0.2, 0.25) is 0 Å². The number of aryl methyl sites for hydroxylation is 1. The number of rotatable bonds is 4. The smallest absolute Gasteiger partial charge is 0.318 e. The molecule has 0 bridgehead atoms. The van der Waals surface area contributed by atoms with Gasteiger partial charge in [-0.2, -0.15) is 0 Å². The minimum absolute atomic E-state index is 0.0268. The molecule has 7 heteroatoms. The molecule has 4 rings (SSSR count). The standard InChI is InChI=1S/C21H29N5O2/c1-14-5-6-15-11-16(24-19(15)10-14)12-23-21(28)26(17-7-8-17)18-4-3-9-25(13-18)20(27)22-2/h5-6,10-11,17-18,24H,3-4,7-9,12-13H2,1-2H3,(H,22,27)(H,23,28). The molecule has 1 unspecified atom stereocenters. The number of fused-ring (bicyclic) bond motifs is 1. The lowest BCUT2D eigenvalue weighted by atomic mass is 10.0. The van der Waals surface area contributed by atoms with Crippen LogP contribution in [0, 0.1) is 6.92 Å². The molecule has 2 aromatic rings. The Balaban J connectivity index is 1.41. The number of benzene rings is 1. The highest BCUT2D eigenvalue weighted by Gasteiger charge is 2.39. The van der Waals surface area contributed by atoms with E-state index in [2.05, 4.69) is 46.8 Å². The minimum Gasteiger partial charge on any atom is -0.357 e. The van der Waals surface area contributed by atoms with Crippen molar-refractivity contribution in [3.63, 3.8) is 0 Å². The summed E-state index contributed by atoms with van der Waals surface area (Å²) < 4.78 is 0. The van der Waals surface area contributed by atoms with Crippen molar-refractivity contribution < 1.29 is 9.59 Å². The van der Waals surface area contributed by atoms with Crippen LogP contribution >= 0.6 is 0 Å². The van der Waals surface area contributed by atoms with Gasteiger partial charge in [0, 0.05) is 37.4 Å². The summed E-state index contributed by atoms with van der Waals surface area (Å²) in [6, 6.07) is 8.70. The molecule has 2 heterocycles. The third kappa shape index (κ3) is 3.93. The number of carbonyl (C=O) groups is 2. The molecule has 7 nitrogen and oxygen atoms in total. The molecule has 0 spiro atoms. The largest absolute Gasteiger partial charge is 0.357 e. The lowest BCUT2D eigenvalue weighted by molar-refractivity contribution is 0.116. The van der Waals surface area contributed by atoms with Gasteiger partial charge in [-0.1, -0.05) is 12.1 Å². The Labute approximate surface area is 165 Å². The van der Waals surface area contributed by atoms with Crippen LogP contribution < -0.4 is 10.6 Å². The van der Waals surface area contributed by atoms with Crippen LogP contribution in [0.1, 0.15) is 36.9 Å². The molecule has 1 atom stereocenters. The van der Waals surface area contributed by atoms with Crippen molar-refractivity contribution in [1.82, 2.24) is 25.4 Å². The van der Waals surface area contributed by atoms with Crippen molar-refractivity contribution in [1.29, 1.82) is 0 Å². The summed E-state index contributed by atoms with van der Waals surface area (Å²) in [5, 5.41) is 6.94. The maximum atomic E-state index is 13.0. The second kappa shape index (κ2) is 7.73. The van der Waals surface area contributed by atoms with E-state index in [9.17, 15) is 9.59 Å². The fraction of sp³-hybridized carbons (Fsp3) is 0.524. The molecule has 28 heavy (non-hydrogen) atoms. The predicted molar refractivity (Wildman–Crippen MR) is 109 cm³/mol. The highest BCUT2D eigenvalue weighted by molar-refractivity contribution is 5.81. The number of amides is 4. The number of nitrogens with zero attached hydrogens (tertiary/aromatic N) is 2. The van der Waals surface area contributed by atoms with Gasteiger partial charge in [0.15, 0.2) is 0 Å². The fourth-order valence-electron chi connectivity index (χ4n) is 4.17. The maximum Gasteiger partial charge on any atom is 0.318 e. The first-order valence-corrected chi connectivity index (χ1v) is 10.2. The van der Waals surface area contributed by atoms with E-state index in [1.165, 1.54) is 5.56 Å². The van der Waals surface area contributed by atoms with Crippen LogP contribution in [0.5, 0.6) is 0 Å². The van der Waals surface area contributed by atoms with Crippen molar-refractivity contribution in [2.24, 2.45) is 0 Å². The number of H-pyrrole nitrogens is 1. The summed E-state index contributed by atoms with van der Waals surface area (Å²) in [5.74, 6) is 0. The molecule has 4 amide bonds. The van der Waals surface area contributed by atoms with Crippen LogP contribution in [0.2, 0.25) is 0 Å². The number of aromatic nitrogens is 1. The Bertz CT molecular complexity index is 873. The van der Waals surface area contributed by atoms with Crippen molar-refractivity contribution in [3.8, 4) is 0 Å². The van der Waals surface area contributed by atoms with Gasteiger partial charge in [-0.3, -0.25) is 0 Å². The maximum absolute atomic E-state index is 13.0. The van der Waals surface area contributed by atoms with Gasteiger partial charge in [-0.15, -0.1) is 0 Å². The highest BCUT2D eigenvalue weighted by Crippen LogP contribution is 2.31. The van der Waals surface area contributed by atoms with E-state index in [0.717, 1.165) is 48.8 Å². The zero-order chi connectivity index (χ0) is 19.7. The first-order chi connectivity index (χ1) is 13.5. The van der Waals surface area contributed by atoms with Crippen molar-refractivity contribution >= 4 is 23.0 Å². The average Bonchev–Trinajstić information content (AvgIpc) is 3.44. The number of hydrogen-bond acceptors (Lipinski definition) is 2. The Morgan fingerprint density at radius 1 is 1.21 bits per heavy atom. The lowest BCUT2D eigenvalue weighted by Crippen LogP contribution is -2.56. The Kier molecular flexibility index (Phi) is 5.15. The molecule has 1 saturated carbocycles. The molecule has 1 saturated heterocycles. The van der Waals surface area contributed by atoms with Crippen molar-refractivity contribution in [2.45, 2.75) is 51.2 Å². The number of urea groups is 2. The van der Waals surface area contributed by atoms with Gasteiger partial charge in [0.25, 0.3) is 0 Å². The highest BCUT2D eigenvalue weighted by atomic mass is 16.2. The van der Waals surface area contributed by atoms with Gasteiger partial charge >= 0.3 is 12.1 Å². The summed E-state index contributed by atoms with van der Waals surface area (Å²) in [5.41, 5.74) is 3.31. The van der Waals surface area contributed by atoms with Crippen LogP contribution in [0.3, 0.4) is 0 Å². The predicted octanol–water partition coefficient (Wildman–Crippen LogP) is 2.95. The lowest BCUT2D eigenvalue weighted by Gasteiger charge is -2.39. The zero-order valence-electron chi connectivity index (χ0n) is 16.6. The number of carbonyl (C=O) groups excluding carboxylic acids is 2. The van der Waals surface area contributed by atoms with Crippen molar-refractivity contribution in [3.05, 3.63) is 35.5 Å². The van der Waals surface area contributed by atoms with E-state index in [4.69, 9.17) is 0 Å². The Morgan fingerprint density at radius 3 is 2.79 bits per heavy atom. The SMILES string of the molecule is CNC(=O)N1CCCC(N(C(=O)NCc2cc3ccc(C)cc3[nH]2)C2CC2)C1. The van der Waals surface area contributed by atoms with E-state index >= 15 is 0 Å². The van der Waals surface area contributed by atoms with Crippen LogP contribution in [-0.2, 0) is 6.54 Å². The second-order valence-corrected chi connectivity index (χ2v) is 7.98. The summed E-state index contributed by atoms with van der Waals surface area (Å²) in [4.78, 5) is 32.2. The number of likely N-dealkylation sites (tertiary alicyclic amines) is 1. The molecule has 1 aliphatic heterocycles. The van der Waals surface area contributed by atoms with Crippen molar-refractivity contribution in [2.75, 3.05) is 20.1 Å². The summed E-state index contributed by atoms with van der Waals surface area (Å²) in [6.45, 7) is 3.91. The number of aromatic amines is 1. The monoisotopic (exact) mass is 383 g/mol. The van der Waals surface area contributed by atoms with Gasteiger partial charge in [0.1, 0.15) is 0 Å². The van der Waals surface area contributed by atoms with Crippen LogP contribution in [-0.4, -0.2) is 59.1 Å². The molecule has 2 aliphatic rings. The van der Waals surface area contributed by atoms with E-state index in [-0.39, 0.29) is 18.1 Å².